The Morgan fingerprint density at radius 1 is 1.17 bits per heavy atom. The predicted molar refractivity (Wildman–Crippen MR) is 79.2 cm³/mol. The summed E-state index contributed by atoms with van der Waals surface area (Å²) in [5, 5.41) is 2.46. The minimum Gasteiger partial charge on any atom is -0.321 e. The maximum atomic E-state index is 12.7. The van der Waals surface area contributed by atoms with Crippen LogP contribution in [-0.4, -0.2) is 30.5 Å². The smallest absolute Gasteiger partial charge is 0.280 e. The van der Waals surface area contributed by atoms with E-state index in [0.29, 0.717) is 5.69 Å². The van der Waals surface area contributed by atoms with Crippen LogP contribution in [0.3, 0.4) is 0 Å². The summed E-state index contributed by atoms with van der Waals surface area (Å²) in [5.74, 6) is -0.634. The van der Waals surface area contributed by atoms with Gasteiger partial charge in [-0.1, -0.05) is 0 Å². The topological polar surface area (TPSA) is 89.0 Å². The summed E-state index contributed by atoms with van der Waals surface area (Å²) in [4.78, 5) is 19.5. The third-order valence-electron chi connectivity index (χ3n) is 2.85. The van der Waals surface area contributed by atoms with Crippen molar-refractivity contribution in [2.24, 2.45) is 0 Å². The molecule has 0 fully saturated rings. The van der Waals surface area contributed by atoms with Crippen LogP contribution < -0.4 is 5.32 Å². The van der Waals surface area contributed by atoms with E-state index in [0.717, 1.165) is 12.3 Å². The maximum absolute atomic E-state index is 12.7. The largest absolute Gasteiger partial charge is 0.321 e. The number of rotatable bonds is 4. The molecule has 9 heteroatoms. The molecule has 1 amide bonds. The quantitative estimate of drug-likeness (QED) is 0.922. The molecule has 1 aromatic heterocycles. The van der Waals surface area contributed by atoms with E-state index in [2.05, 4.69) is 15.3 Å². The van der Waals surface area contributed by atoms with Crippen LogP contribution in [0.2, 0.25) is 0 Å². The summed E-state index contributed by atoms with van der Waals surface area (Å²) in [6.07, 6.45) is -1.74. The molecule has 0 aliphatic rings. The molecule has 6 nitrogen and oxygen atoms in total. The van der Waals surface area contributed by atoms with E-state index in [9.17, 15) is 22.0 Å². The number of alkyl halides is 2. The first-order valence-corrected chi connectivity index (χ1v) is 8.31. The first-order chi connectivity index (χ1) is 10.7. The SMILES string of the molecule is Cc1nc(C(=O)Nc2ccc(S(C)(=O)=O)cc2)cc(C(F)F)n1. The Labute approximate surface area is 131 Å². The highest BCUT2D eigenvalue weighted by Gasteiger charge is 2.16. The molecule has 0 atom stereocenters. The van der Waals surface area contributed by atoms with Gasteiger partial charge < -0.3 is 5.32 Å². The number of sulfone groups is 1. The Bertz CT molecular complexity index is 837. The van der Waals surface area contributed by atoms with Crippen LogP contribution >= 0.6 is 0 Å². The van der Waals surface area contributed by atoms with Crippen LogP contribution in [0.1, 0.15) is 28.4 Å². The molecule has 0 aliphatic carbocycles. The number of hydrogen-bond acceptors (Lipinski definition) is 5. The minimum absolute atomic E-state index is 0.0559. The molecule has 2 aromatic rings. The average Bonchev–Trinajstić information content (AvgIpc) is 2.46. The number of aryl methyl sites for hydroxylation is 1. The van der Waals surface area contributed by atoms with Gasteiger partial charge in [0, 0.05) is 11.9 Å². The van der Waals surface area contributed by atoms with Crippen molar-refractivity contribution in [2.75, 3.05) is 11.6 Å². The predicted octanol–water partition coefficient (Wildman–Crippen LogP) is 2.38. The highest BCUT2D eigenvalue weighted by Crippen LogP contribution is 2.18. The van der Waals surface area contributed by atoms with E-state index in [1.807, 2.05) is 0 Å². The molecule has 0 radical (unpaired) electrons. The number of amides is 1. The van der Waals surface area contributed by atoms with E-state index in [1.54, 1.807) is 0 Å². The molecule has 1 aromatic carbocycles. The van der Waals surface area contributed by atoms with Crippen molar-refractivity contribution < 1.29 is 22.0 Å². The monoisotopic (exact) mass is 341 g/mol. The second-order valence-corrected chi connectivity index (χ2v) is 6.79. The van der Waals surface area contributed by atoms with Crippen LogP contribution in [0, 0.1) is 6.92 Å². The number of carbonyl (C=O) groups is 1. The number of halogens is 2. The van der Waals surface area contributed by atoms with Gasteiger partial charge in [0.2, 0.25) is 0 Å². The van der Waals surface area contributed by atoms with Crippen molar-refractivity contribution in [3.8, 4) is 0 Å². The van der Waals surface area contributed by atoms with Crippen molar-refractivity contribution >= 4 is 21.4 Å². The average molecular weight is 341 g/mol. The fraction of sp³-hybridized carbons (Fsp3) is 0.214. The second kappa shape index (κ2) is 6.37. The molecule has 0 unspecified atom stereocenters. The number of nitrogens with one attached hydrogen (secondary N) is 1. The lowest BCUT2D eigenvalue weighted by Crippen LogP contribution is -2.15. The van der Waals surface area contributed by atoms with Crippen molar-refractivity contribution in [3.63, 3.8) is 0 Å². The first-order valence-electron chi connectivity index (χ1n) is 6.42. The van der Waals surface area contributed by atoms with Crippen molar-refractivity contribution in [1.29, 1.82) is 0 Å². The third-order valence-corrected chi connectivity index (χ3v) is 3.98. The van der Waals surface area contributed by atoms with E-state index in [-0.39, 0.29) is 16.4 Å². The number of nitrogens with zero attached hydrogens (tertiary/aromatic N) is 2. The zero-order chi connectivity index (χ0) is 17.2. The Morgan fingerprint density at radius 2 is 1.78 bits per heavy atom. The molecule has 0 aliphatic heterocycles. The molecular weight excluding hydrogens is 328 g/mol. The van der Waals surface area contributed by atoms with Gasteiger partial charge in [0.15, 0.2) is 9.84 Å². The standard InChI is InChI=1S/C14H13F2N3O3S/c1-8-17-11(13(15)16)7-12(18-8)14(20)19-9-3-5-10(6-4-9)23(2,21)22/h3-7,13H,1-2H3,(H,19,20). The summed E-state index contributed by atoms with van der Waals surface area (Å²) in [7, 11) is -3.34. The van der Waals surface area contributed by atoms with Gasteiger partial charge in [-0.2, -0.15) is 0 Å². The van der Waals surface area contributed by atoms with E-state index >= 15 is 0 Å². The molecule has 0 saturated heterocycles. The van der Waals surface area contributed by atoms with Gasteiger partial charge >= 0.3 is 0 Å². The lowest BCUT2D eigenvalue weighted by molar-refractivity contribution is 0.102. The number of anilines is 1. The fourth-order valence-corrected chi connectivity index (χ4v) is 2.43. The molecule has 1 N–H and O–H groups in total. The maximum Gasteiger partial charge on any atom is 0.280 e. The molecule has 0 spiro atoms. The minimum atomic E-state index is -3.34. The Hall–Kier alpha value is -2.42. The lowest BCUT2D eigenvalue weighted by Gasteiger charge is -2.07. The Balaban J connectivity index is 2.22. The zero-order valence-electron chi connectivity index (χ0n) is 12.2. The Morgan fingerprint density at radius 3 is 2.30 bits per heavy atom. The molecule has 23 heavy (non-hydrogen) atoms. The zero-order valence-corrected chi connectivity index (χ0v) is 13.1. The molecule has 0 bridgehead atoms. The third kappa shape index (κ3) is 4.28. The van der Waals surface area contributed by atoms with Crippen LogP contribution in [0.4, 0.5) is 14.5 Å². The van der Waals surface area contributed by atoms with Gasteiger partial charge in [0.05, 0.1) is 4.90 Å². The number of aromatic nitrogens is 2. The van der Waals surface area contributed by atoms with E-state index in [1.165, 1.54) is 31.2 Å². The number of benzene rings is 1. The van der Waals surface area contributed by atoms with E-state index in [4.69, 9.17) is 0 Å². The lowest BCUT2D eigenvalue weighted by atomic mass is 10.2. The van der Waals surface area contributed by atoms with Gasteiger partial charge in [-0.15, -0.1) is 0 Å². The highest BCUT2D eigenvalue weighted by molar-refractivity contribution is 7.90. The normalized spacial score (nSPS) is 11.5. The van der Waals surface area contributed by atoms with Gasteiger partial charge in [0.25, 0.3) is 12.3 Å². The summed E-state index contributed by atoms with van der Waals surface area (Å²) in [5.41, 5.74) is -0.410. The molecule has 2 rings (SSSR count). The summed E-state index contributed by atoms with van der Waals surface area (Å²) >= 11 is 0. The molecular formula is C14H13F2N3O3S. The van der Waals surface area contributed by atoms with Gasteiger partial charge in [0.1, 0.15) is 17.2 Å². The van der Waals surface area contributed by atoms with Crippen molar-refractivity contribution in [2.45, 2.75) is 18.2 Å². The fourth-order valence-electron chi connectivity index (χ4n) is 1.80. The van der Waals surface area contributed by atoms with Gasteiger partial charge in [-0.05, 0) is 37.3 Å². The van der Waals surface area contributed by atoms with Gasteiger partial charge in [-0.25, -0.2) is 27.2 Å². The van der Waals surface area contributed by atoms with Crippen LogP contribution in [-0.2, 0) is 9.84 Å². The van der Waals surface area contributed by atoms with Gasteiger partial charge in [-0.3, -0.25) is 4.79 Å². The molecule has 122 valence electrons. The van der Waals surface area contributed by atoms with Crippen LogP contribution in [0.5, 0.6) is 0 Å². The highest BCUT2D eigenvalue weighted by atomic mass is 32.2. The van der Waals surface area contributed by atoms with Crippen LogP contribution in [0.15, 0.2) is 35.2 Å². The first kappa shape index (κ1) is 16.9. The summed E-state index contributed by atoms with van der Waals surface area (Å²) in [6.45, 7) is 1.41. The summed E-state index contributed by atoms with van der Waals surface area (Å²) in [6, 6.07) is 6.38. The van der Waals surface area contributed by atoms with E-state index < -0.39 is 27.9 Å². The van der Waals surface area contributed by atoms with Crippen molar-refractivity contribution in [1.82, 2.24) is 9.97 Å². The second-order valence-electron chi connectivity index (χ2n) is 4.78. The number of hydrogen-bond donors (Lipinski definition) is 1. The van der Waals surface area contributed by atoms with Crippen molar-refractivity contribution in [3.05, 3.63) is 47.5 Å². The summed E-state index contributed by atoms with van der Waals surface area (Å²) < 4.78 is 48.1. The Kier molecular flexibility index (Phi) is 4.69. The molecule has 1 heterocycles. The van der Waals surface area contributed by atoms with Crippen LogP contribution in [0.25, 0.3) is 0 Å². The molecule has 0 saturated carbocycles. The number of carbonyl (C=O) groups excluding carboxylic acids is 1.